The van der Waals surface area contributed by atoms with Gasteiger partial charge in [-0.25, -0.2) is 4.79 Å². The third-order valence-electron chi connectivity index (χ3n) is 4.99. The lowest BCUT2D eigenvalue weighted by Gasteiger charge is -2.22. The number of nitrogens with zero attached hydrogens (tertiary/aromatic N) is 2. The Morgan fingerprint density at radius 2 is 1.65 bits per heavy atom. The van der Waals surface area contributed by atoms with Crippen molar-refractivity contribution in [2.75, 3.05) is 13.2 Å². The van der Waals surface area contributed by atoms with Gasteiger partial charge in [-0.05, 0) is 23.1 Å². The normalized spacial score (nSPS) is 15.0. The minimum atomic E-state index is -5.08. The monoisotopic (exact) mass is 475 g/mol. The molecule has 34 heavy (non-hydrogen) atoms. The molecule has 1 aliphatic rings. The van der Waals surface area contributed by atoms with Crippen LogP contribution in [0.1, 0.15) is 28.5 Å². The van der Waals surface area contributed by atoms with Gasteiger partial charge in [0.25, 0.3) is 0 Å². The maximum Gasteiger partial charge on any atom is 0.490 e. The van der Waals surface area contributed by atoms with Crippen LogP contribution in [0.15, 0.2) is 66.9 Å². The second-order valence-electron chi connectivity index (χ2n) is 7.60. The predicted molar refractivity (Wildman–Crippen MR) is 117 cm³/mol. The maximum absolute atomic E-state index is 12.2. The number of aromatic nitrogens is 2. The number of rotatable bonds is 6. The summed E-state index contributed by atoms with van der Waals surface area (Å²) in [5.74, 6) is -2.76. The fraction of sp³-hybridized carbons (Fsp3) is 0.292. The molecule has 4 rings (SSSR count). The van der Waals surface area contributed by atoms with Crippen molar-refractivity contribution < 1.29 is 32.6 Å². The topological polar surface area (TPSA) is 93.5 Å². The summed E-state index contributed by atoms with van der Waals surface area (Å²) in [6.07, 6.45) is -1.93. The quantitative estimate of drug-likeness (QED) is 0.569. The largest absolute Gasteiger partial charge is 0.490 e. The number of nitrogens with one attached hydrogen (secondary N) is 1. The van der Waals surface area contributed by atoms with Crippen molar-refractivity contribution in [3.05, 3.63) is 89.2 Å². The number of ether oxygens (including phenoxy) is 1. The highest BCUT2D eigenvalue weighted by Gasteiger charge is 2.38. The number of amides is 1. The summed E-state index contributed by atoms with van der Waals surface area (Å²) in [4.78, 5) is 21.1. The van der Waals surface area contributed by atoms with Gasteiger partial charge in [-0.2, -0.15) is 18.3 Å². The molecule has 0 aliphatic carbocycles. The van der Waals surface area contributed by atoms with Crippen molar-refractivity contribution in [1.29, 1.82) is 0 Å². The summed E-state index contributed by atoms with van der Waals surface area (Å²) in [5.41, 5.74) is 4.37. The number of carbonyl (C=O) groups is 2. The number of hydrogen-bond donors (Lipinski definition) is 2. The van der Waals surface area contributed by atoms with E-state index in [-0.39, 0.29) is 12.0 Å². The number of carbonyl (C=O) groups excluding carboxylic acids is 1. The number of alkyl halides is 3. The zero-order valence-electron chi connectivity index (χ0n) is 18.2. The van der Waals surface area contributed by atoms with E-state index in [2.05, 4.69) is 23.6 Å². The smallest absolute Gasteiger partial charge is 0.475 e. The molecule has 7 nitrogen and oxygen atoms in total. The van der Waals surface area contributed by atoms with Gasteiger partial charge in [0.1, 0.15) is 6.10 Å². The number of halogens is 3. The number of carboxylic acids is 1. The van der Waals surface area contributed by atoms with Gasteiger partial charge in [0.15, 0.2) is 0 Å². The molecule has 10 heteroatoms. The minimum absolute atomic E-state index is 0.000594. The van der Waals surface area contributed by atoms with Crippen LogP contribution in [-0.4, -0.2) is 46.1 Å². The fourth-order valence-electron chi connectivity index (χ4n) is 3.39. The third kappa shape index (κ3) is 7.45. The lowest BCUT2D eigenvalue weighted by atomic mass is 10.1. The van der Waals surface area contributed by atoms with E-state index in [0.29, 0.717) is 19.6 Å². The SMILES string of the molecule is O=C(Cc1ccccc1)NCC1OCCc2cn(Cc3ccccc3)nc21.O=C(O)C(F)(F)F. The molecule has 0 radical (unpaired) electrons. The van der Waals surface area contributed by atoms with E-state index < -0.39 is 12.1 Å². The molecule has 0 spiro atoms. The lowest BCUT2D eigenvalue weighted by molar-refractivity contribution is -0.192. The fourth-order valence-corrected chi connectivity index (χ4v) is 3.39. The first-order valence-electron chi connectivity index (χ1n) is 10.5. The Bertz CT molecular complexity index is 1090. The zero-order valence-corrected chi connectivity index (χ0v) is 18.2. The van der Waals surface area contributed by atoms with Gasteiger partial charge in [-0.15, -0.1) is 0 Å². The number of aliphatic carboxylic acids is 1. The van der Waals surface area contributed by atoms with E-state index in [0.717, 1.165) is 24.2 Å². The van der Waals surface area contributed by atoms with Crippen LogP contribution in [0.2, 0.25) is 0 Å². The van der Waals surface area contributed by atoms with Gasteiger partial charge in [0, 0.05) is 12.7 Å². The molecule has 0 saturated heterocycles. The number of hydrogen-bond acceptors (Lipinski definition) is 4. The molecule has 0 bridgehead atoms. The van der Waals surface area contributed by atoms with E-state index in [1.165, 1.54) is 11.1 Å². The molecule has 1 atom stereocenters. The van der Waals surface area contributed by atoms with Crippen LogP contribution in [0.4, 0.5) is 13.2 Å². The standard InChI is InChI=1S/C22H23N3O2.C2HF3O2/c26-21(13-17-7-3-1-4-8-17)23-14-20-22-19(11-12-27-20)16-25(24-22)15-18-9-5-2-6-10-18;3-2(4,5)1(6)7/h1-10,16,20H,11-15H2,(H,23,26);(H,6,7). The molecular weight excluding hydrogens is 451 g/mol. The van der Waals surface area contributed by atoms with Crippen LogP contribution >= 0.6 is 0 Å². The van der Waals surface area contributed by atoms with Gasteiger partial charge in [-0.1, -0.05) is 60.7 Å². The highest BCUT2D eigenvalue weighted by Crippen LogP contribution is 2.25. The highest BCUT2D eigenvalue weighted by molar-refractivity contribution is 5.78. The number of fused-ring (bicyclic) bond motifs is 1. The Kier molecular flexibility index (Phi) is 8.42. The summed E-state index contributed by atoms with van der Waals surface area (Å²) in [7, 11) is 0. The molecule has 1 unspecified atom stereocenters. The summed E-state index contributed by atoms with van der Waals surface area (Å²) < 4.78 is 39.6. The minimum Gasteiger partial charge on any atom is -0.475 e. The van der Waals surface area contributed by atoms with E-state index in [1.807, 2.05) is 53.2 Å². The Balaban J connectivity index is 0.000000406. The summed E-state index contributed by atoms with van der Waals surface area (Å²) in [6, 6.07) is 20.0. The first kappa shape index (κ1) is 25.0. The Hall–Kier alpha value is -3.66. The number of benzene rings is 2. The first-order valence-corrected chi connectivity index (χ1v) is 10.5. The van der Waals surface area contributed by atoms with Gasteiger partial charge in [0.2, 0.25) is 5.91 Å². The molecule has 2 aromatic carbocycles. The Morgan fingerprint density at radius 3 is 2.24 bits per heavy atom. The van der Waals surface area contributed by atoms with E-state index in [1.54, 1.807) is 0 Å². The second-order valence-corrected chi connectivity index (χ2v) is 7.60. The molecule has 0 fully saturated rings. The first-order chi connectivity index (χ1) is 16.2. The highest BCUT2D eigenvalue weighted by atomic mass is 19.4. The van der Waals surface area contributed by atoms with Gasteiger partial charge in [0.05, 0.1) is 25.3 Å². The lowest BCUT2D eigenvalue weighted by Crippen LogP contribution is -2.32. The summed E-state index contributed by atoms with van der Waals surface area (Å²) >= 11 is 0. The molecule has 0 saturated carbocycles. The van der Waals surface area contributed by atoms with Crippen LogP contribution in [0.3, 0.4) is 0 Å². The predicted octanol–water partition coefficient (Wildman–Crippen LogP) is 3.54. The van der Waals surface area contributed by atoms with Crippen molar-refractivity contribution in [2.45, 2.75) is 31.7 Å². The van der Waals surface area contributed by atoms with Gasteiger partial charge >= 0.3 is 12.1 Å². The van der Waals surface area contributed by atoms with Crippen LogP contribution in [0.25, 0.3) is 0 Å². The molecule has 1 amide bonds. The Labute approximate surface area is 194 Å². The van der Waals surface area contributed by atoms with Crippen molar-refractivity contribution in [3.8, 4) is 0 Å². The van der Waals surface area contributed by atoms with Crippen LogP contribution < -0.4 is 5.32 Å². The van der Waals surface area contributed by atoms with E-state index >= 15 is 0 Å². The second kappa shape index (κ2) is 11.5. The zero-order chi connectivity index (χ0) is 24.6. The Morgan fingerprint density at radius 1 is 1.06 bits per heavy atom. The molecule has 2 heterocycles. The number of carboxylic acid groups (broad SMARTS) is 1. The molecular formula is C24H24F3N3O4. The summed E-state index contributed by atoms with van der Waals surface area (Å²) in [5, 5.41) is 14.8. The average molecular weight is 475 g/mol. The van der Waals surface area contributed by atoms with Crippen molar-refractivity contribution in [2.24, 2.45) is 0 Å². The van der Waals surface area contributed by atoms with Crippen molar-refractivity contribution >= 4 is 11.9 Å². The third-order valence-corrected chi connectivity index (χ3v) is 4.99. The molecule has 1 aliphatic heterocycles. The van der Waals surface area contributed by atoms with Crippen LogP contribution in [0.5, 0.6) is 0 Å². The molecule has 3 aromatic rings. The van der Waals surface area contributed by atoms with E-state index in [9.17, 15) is 18.0 Å². The van der Waals surface area contributed by atoms with Crippen molar-refractivity contribution in [3.63, 3.8) is 0 Å². The van der Waals surface area contributed by atoms with Gasteiger partial charge in [-0.3, -0.25) is 9.48 Å². The van der Waals surface area contributed by atoms with Crippen LogP contribution in [-0.2, 0) is 33.7 Å². The molecule has 1 aromatic heterocycles. The van der Waals surface area contributed by atoms with E-state index in [4.69, 9.17) is 19.7 Å². The maximum atomic E-state index is 12.2. The van der Waals surface area contributed by atoms with Crippen LogP contribution in [0, 0.1) is 0 Å². The summed E-state index contributed by atoms with van der Waals surface area (Å²) in [6.45, 7) is 1.84. The average Bonchev–Trinajstić information content (AvgIpc) is 3.22. The molecule has 180 valence electrons. The van der Waals surface area contributed by atoms with Gasteiger partial charge < -0.3 is 15.2 Å². The molecule has 2 N–H and O–H groups in total. The van der Waals surface area contributed by atoms with Crippen molar-refractivity contribution in [1.82, 2.24) is 15.1 Å².